The number of hydrogen-bond acceptors (Lipinski definition) is 9. The quantitative estimate of drug-likeness (QED) is 0.215. The molecule has 5 N–H and O–H groups in total. The minimum absolute atomic E-state index is 0.0285. The van der Waals surface area contributed by atoms with Crippen LogP contribution in [0.25, 0.3) is 21.3 Å². The zero-order valence-corrected chi connectivity index (χ0v) is 23.2. The lowest BCUT2D eigenvalue weighted by Gasteiger charge is -2.11. The molecular formula is C29H24N6O3S2. The molecule has 3 aromatic heterocycles. The molecule has 5 rings (SSSR count). The number of ketones is 1. The number of nitrogens with zero attached hydrogens (tertiary/aromatic N) is 3. The molecule has 0 saturated carbocycles. The summed E-state index contributed by atoms with van der Waals surface area (Å²) >= 11 is 1.07. The van der Waals surface area contributed by atoms with E-state index in [1.54, 1.807) is 12.1 Å². The maximum absolute atomic E-state index is 13.5. The minimum Gasteiger partial charge on any atom is -0.397 e. The number of carbonyl (C=O) groups is 1. The molecule has 0 radical (unpaired) electrons. The Morgan fingerprint density at radius 2 is 1.73 bits per heavy atom. The fraction of sp³-hybridized carbons (Fsp3) is 0.103. The van der Waals surface area contributed by atoms with E-state index in [1.165, 1.54) is 36.5 Å². The van der Waals surface area contributed by atoms with Gasteiger partial charge in [0.05, 0.1) is 10.6 Å². The summed E-state index contributed by atoms with van der Waals surface area (Å²) in [7, 11) is -3.91. The molecular weight excluding hydrogens is 544 g/mol. The first-order chi connectivity index (χ1) is 19.1. The Bertz CT molecular complexity index is 1890. The van der Waals surface area contributed by atoms with Crippen LogP contribution in [0, 0.1) is 11.3 Å². The smallest absolute Gasteiger partial charge is 0.263 e. The number of nitrogens with one attached hydrogen (secondary N) is 1. The number of nitrogens with two attached hydrogens (primary N) is 2. The number of nitrogen functional groups attached to an aromatic ring is 2. The van der Waals surface area contributed by atoms with Crippen molar-refractivity contribution >= 4 is 54.7 Å². The molecule has 3 heterocycles. The second kappa shape index (κ2) is 10.4. The van der Waals surface area contributed by atoms with E-state index >= 15 is 0 Å². The number of benzene rings is 2. The van der Waals surface area contributed by atoms with Crippen LogP contribution in [0.3, 0.4) is 0 Å². The third-order valence-electron chi connectivity index (χ3n) is 6.42. The van der Waals surface area contributed by atoms with Crippen LogP contribution in [0.2, 0.25) is 0 Å². The molecule has 0 unspecified atom stereocenters. The standard InChI is InChI=1S/C29H24N6O3S2/c1-16(2)17-6-8-18(9-7-17)23-21(15-30)28(32)34-29-24(23)25(31)27(39-29)26(36)19-10-12-20(13-11-19)40(37,38)35-22-5-3-4-14-33-22/h3-14,16H,31H2,1-2H3,(H2,32,34)(H,33,35). The van der Waals surface area contributed by atoms with Gasteiger partial charge in [0.1, 0.15) is 33.0 Å². The molecule has 0 atom stereocenters. The van der Waals surface area contributed by atoms with E-state index in [0.717, 1.165) is 22.5 Å². The molecule has 0 amide bonds. The molecule has 11 heteroatoms. The maximum Gasteiger partial charge on any atom is 0.263 e. The van der Waals surface area contributed by atoms with Crippen LogP contribution >= 0.6 is 11.3 Å². The Balaban J connectivity index is 1.54. The lowest BCUT2D eigenvalue weighted by atomic mass is 9.94. The highest BCUT2D eigenvalue weighted by Crippen LogP contribution is 2.43. The average molecular weight is 569 g/mol. The Morgan fingerprint density at radius 1 is 1.02 bits per heavy atom. The number of aromatic nitrogens is 2. The van der Waals surface area contributed by atoms with Crippen LogP contribution in [-0.4, -0.2) is 24.2 Å². The number of fused-ring (bicyclic) bond motifs is 1. The van der Waals surface area contributed by atoms with Crippen molar-refractivity contribution in [3.8, 4) is 17.2 Å². The van der Waals surface area contributed by atoms with Gasteiger partial charge in [0, 0.05) is 22.7 Å². The van der Waals surface area contributed by atoms with Gasteiger partial charge in [-0.25, -0.2) is 18.4 Å². The van der Waals surface area contributed by atoms with Crippen LogP contribution in [-0.2, 0) is 10.0 Å². The molecule has 200 valence electrons. The first-order valence-corrected chi connectivity index (χ1v) is 14.5. The summed E-state index contributed by atoms with van der Waals surface area (Å²) in [5, 5.41) is 10.4. The fourth-order valence-corrected chi connectivity index (χ4v) is 6.39. The van der Waals surface area contributed by atoms with Gasteiger partial charge in [-0.15, -0.1) is 11.3 Å². The molecule has 0 bridgehead atoms. The fourth-order valence-electron chi connectivity index (χ4n) is 4.31. The predicted molar refractivity (Wildman–Crippen MR) is 158 cm³/mol. The second-order valence-corrected chi connectivity index (χ2v) is 12.0. The summed E-state index contributed by atoms with van der Waals surface area (Å²) in [6.07, 6.45) is 1.48. The molecule has 9 nitrogen and oxygen atoms in total. The SMILES string of the molecule is CC(C)c1ccc(-c2c(C#N)c(N)nc3sc(C(=O)c4ccc(S(=O)(=O)Nc5ccccn5)cc4)c(N)c23)cc1. The van der Waals surface area contributed by atoms with Crippen LogP contribution in [0.5, 0.6) is 0 Å². The lowest BCUT2D eigenvalue weighted by Crippen LogP contribution is -2.14. The Kier molecular flexibility index (Phi) is 6.97. The zero-order valence-electron chi connectivity index (χ0n) is 21.5. The van der Waals surface area contributed by atoms with E-state index in [0.29, 0.717) is 21.7 Å². The van der Waals surface area contributed by atoms with Crippen LogP contribution < -0.4 is 16.2 Å². The summed E-state index contributed by atoms with van der Waals surface area (Å²) in [6.45, 7) is 4.18. The van der Waals surface area contributed by atoms with Gasteiger partial charge in [-0.2, -0.15) is 5.26 Å². The molecule has 0 aliphatic carbocycles. The molecule has 0 fully saturated rings. The van der Waals surface area contributed by atoms with Gasteiger partial charge >= 0.3 is 0 Å². The number of rotatable bonds is 7. The van der Waals surface area contributed by atoms with E-state index in [-0.39, 0.29) is 38.2 Å². The topological polar surface area (TPSA) is 165 Å². The van der Waals surface area contributed by atoms with E-state index in [1.807, 2.05) is 24.3 Å². The highest BCUT2D eigenvalue weighted by molar-refractivity contribution is 7.92. The van der Waals surface area contributed by atoms with Gasteiger partial charge < -0.3 is 11.5 Å². The summed E-state index contributed by atoms with van der Waals surface area (Å²) in [5.41, 5.74) is 15.7. The number of nitriles is 1. The van der Waals surface area contributed by atoms with Gasteiger partial charge in [-0.05, 0) is 53.4 Å². The van der Waals surface area contributed by atoms with Gasteiger partial charge in [-0.1, -0.05) is 44.2 Å². The highest BCUT2D eigenvalue weighted by Gasteiger charge is 2.25. The normalized spacial score (nSPS) is 11.4. The number of carbonyl (C=O) groups excluding carboxylic acids is 1. The minimum atomic E-state index is -3.91. The number of anilines is 3. The second-order valence-electron chi connectivity index (χ2n) is 9.33. The summed E-state index contributed by atoms with van der Waals surface area (Å²) < 4.78 is 27.9. The molecule has 40 heavy (non-hydrogen) atoms. The molecule has 0 saturated heterocycles. The maximum atomic E-state index is 13.5. The zero-order chi connectivity index (χ0) is 28.6. The summed E-state index contributed by atoms with van der Waals surface area (Å²) in [5.74, 6) is 0.155. The number of sulfonamides is 1. The van der Waals surface area contributed by atoms with E-state index in [9.17, 15) is 18.5 Å². The van der Waals surface area contributed by atoms with Crippen LogP contribution in [0.15, 0.2) is 77.8 Å². The highest BCUT2D eigenvalue weighted by atomic mass is 32.2. The van der Waals surface area contributed by atoms with Crippen molar-refractivity contribution < 1.29 is 13.2 Å². The largest absolute Gasteiger partial charge is 0.397 e. The molecule has 5 aromatic rings. The summed E-state index contributed by atoms with van der Waals surface area (Å²) in [4.78, 5) is 22.5. The number of pyridine rings is 2. The third kappa shape index (κ3) is 4.86. The van der Waals surface area contributed by atoms with E-state index in [4.69, 9.17) is 11.5 Å². The monoisotopic (exact) mass is 568 g/mol. The van der Waals surface area contributed by atoms with Gasteiger partial charge in [-0.3, -0.25) is 9.52 Å². The number of hydrogen-bond donors (Lipinski definition) is 3. The van der Waals surface area contributed by atoms with Gasteiger partial charge in [0.2, 0.25) is 5.78 Å². The predicted octanol–water partition coefficient (Wildman–Crippen LogP) is 5.55. The van der Waals surface area contributed by atoms with Crippen LogP contribution in [0.1, 0.15) is 46.1 Å². The van der Waals surface area contributed by atoms with Gasteiger partial charge in [0.15, 0.2) is 0 Å². The van der Waals surface area contributed by atoms with Crippen molar-refractivity contribution in [2.75, 3.05) is 16.2 Å². The first-order valence-electron chi connectivity index (χ1n) is 12.2. The average Bonchev–Trinajstić information content (AvgIpc) is 3.27. The Morgan fingerprint density at radius 3 is 2.33 bits per heavy atom. The van der Waals surface area contributed by atoms with Crippen molar-refractivity contribution in [3.05, 3.63) is 94.5 Å². The molecule has 2 aromatic carbocycles. The van der Waals surface area contributed by atoms with Crippen molar-refractivity contribution in [2.24, 2.45) is 0 Å². The van der Waals surface area contributed by atoms with Crippen LogP contribution in [0.4, 0.5) is 17.3 Å². The molecule has 0 spiro atoms. The van der Waals surface area contributed by atoms with Crippen molar-refractivity contribution in [3.63, 3.8) is 0 Å². The number of thiophene rings is 1. The first kappa shape index (κ1) is 26.8. The van der Waals surface area contributed by atoms with Crippen molar-refractivity contribution in [1.29, 1.82) is 5.26 Å². The third-order valence-corrected chi connectivity index (χ3v) is 8.89. The van der Waals surface area contributed by atoms with Gasteiger partial charge in [0.25, 0.3) is 10.0 Å². The van der Waals surface area contributed by atoms with E-state index in [2.05, 4.69) is 34.6 Å². The Labute approximate surface area is 235 Å². The Hall–Kier alpha value is -4.79. The van der Waals surface area contributed by atoms with E-state index < -0.39 is 15.8 Å². The van der Waals surface area contributed by atoms with Crippen molar-refractivity contribution in [2.45, 2.75) is 24.7 Å². The summed E-state index contributed by atoms with van der Waals surface area (Å²) in [6, 6.07) is 20.3. The lowest BCUT2D eigenvalue weighted by molar-refractivity contribution is 0.104. The molecule has 0 aliphatic rings. The molecule has 0 aliphatic heterocycles. The van der Waals surface area contributed by atoms with Crippen molar-refractivity contribution in [1.82, 2.24) is 9.97 Å².